The summed E-state index contributed by atoms with van der Waals surface area (Å²) < 4.78 is 0. The van der Waals surface area contributed by atoms with Crippen LogP contribution < -0.4 is 21.3 Å². The zero-order valence-corrected chi connectivity index (χ0v) is 26.0. The van der Waals surface area contributed by atoms with Gasteiger partial charge < -0.3 is 41.7 Å². The van der Waals surface area contributed by atoms with Crippen LogP contribution in [0.2, 0.25) is 0 Å². The normalized spacial score (nSPS) is 22.2. The summed E-state index contributed by atoms with van der Waals surface area (Å²) >= 11 is 0. The van der Waals surface area contributed by atoms with Crippen LogP contribution >= 0.6 is 0 Å². The van der Waals surface area contributed by atoms with Gasteiger partial charge in [-0.3, -0.25) is 19.2 Å². The highest BCUT2D eigenvalue weighted by atomic mass is 16.3. The van der Waals surface area contributed by atoms with Crippen LogP contribution in [0.15, 0.2) is 36.4 Å². The minimum absolute atomic E-state index is 0.399. The van der Waals surface area contributed by atoms with E-state index in [1.165, 1.54) is 0 Å². The van der Waals surface area contributed by atoms with E-state index in [0.717, 1.165) is 11.1 Å². The second kappa shape index (κ2) is 13.9. The average Bonchev–Trinajstić information content (AvgIpc) is 2.97. The van der Waals surface area contributed by atoms with Gasteiger partial charge in [0.15, 0.2) is 0 Å². The number of nitrogens with one attached hydrogen (secondary N) is 4. The zero-order chi connectivity index (χ0) is 33.0. The van der Waals surface area contributed by atoms with Crippen LogP contribution in [0.4, 0.5) is 0 Å². The molecule has 0 saturated heterocycles. The average molecular weight is 613 g/mol. The molecule has 2 aromatic rings. The minimum atomic E-state index is -1.05. The molecule has 3 rings (SSSR count). The van der Waals surface area contributed by atoms with Crippen LogP contribution in [-0.2, 0) is 30.0 Å². The Morgan fingerprint density at radius 1 is 0.455 bits per heavy atom. The molecule has 12 nitrogen and oxygen atoms in total. The van der Waals surface area contributed by atoms with Gasteiger partial charge in [0.2, 0.25) is 0 Å². The van der Waals surface area contributed by atoms with Crippen molar-refractivity contribution in [1.29, 1.82) is 0 Å². The van der Waals surface area contributed by atoms with E-state index in [2.05, 4.69) is 21.3 Å². The van der Waals surface area contributed by atoms with E-state index >= 15 is 0 Å². The molecule has 4 atom stereocenters. The molecule has 2 aromatic carbocycles. The van der Waals surface area contributed by atoms with Crippen molar-refractivity contribution in [1.82, 2.24) is 21.3 Å². The molecule has 0 fully saturated rings. The van der Waals surface area contributed by atoms with Gasteiger partial charge in [-0.15, -0.1) is 0 Å². The van der Waals surface area contributed by atoms with E-state index in [1.54, 1.807) is 36.4 Å². The summed E-state index contributed by atoms with van der Waals surface area (Å²) in [4.78, 5) is 52.3. The predicted molar refractivity (Wildman–Crippen MR) is 162 cm³/mol. The van der Waals surface area contributed by atoms with Crippen LogP contribution in [0.1, 0.15) is 99.1 Å². The van der Waals surface area contributed by atoms with Crippen LogP contribution in [0, 0.1) is 0 Å². The lowest BCUT2D eigenvalue weighted by atomic mass is 9.83. The predicted octanol–water partition coefficient (Wildman–Crippen LogP) is 0.594. The lowest BCUT2D eigenvalue weighted by molar-refractivity contribution is -0.140. The summed E-state index contributed by atoms with van der Waals surface area (Å²) in [6, 6.07) is 5.92. The number of carbonyl (C=O) groups is 4. The first kappa shape index (κ1) is 34.6. The summed E-state index contributed by atoms with van der Waals surface area (Å²) in [7, 11) is 0. The number of aliphatic hydroxyl groups excluding tert-OH is 4. The zero-order valence-electron chi connectivity index (χ0n) is 26.0. The van der Waals surface area contributed by atoms with Crippen molar-refractivity contribution in [2.24, 2.45) is 0 Å². The molecular formula is C32H44N4O8. The molecular weight excluding hydrogens is 568 g/mol. The van der Waals surface area contributed by atoms with Gasteiger partial charge in [0.05, 0.1) is 50.6 Å². The van der Waals surface area contributed by atoms with E-state index in [1.807, 2.05) is 41.5 Å². The second-order valence-corrected chi connectivity index (χ2v) is 13.1. The van der Waals surface area contributed by atoms with Gasteiger partial charge >= 0.3 is 23.6 Å². The maximum absolute atomic E-state index is 13.1. The third-order valence-electron chi connectivity index (χ3n) is 7.66. The highest BCUT2D eigenvalue weighted by molar-refractivity contribution is 6.35. The number of aliphatic hydroxyl groups is 4. The quantitative estimate of drug-likeness (QED) is 0.230. The number of hydrogen-bond donors (Lipinski definition) is 8. The Labute approximate surface area is 257 Å². The molecule has 1 heterocycles. The summed E-state index contributed by atoms with van der Waals surface area (Å²) in [6.45, 7) is 9.27. The first-order valence-electron chi connectivity index (χ1n) is 14.5. The number of rotatable bonds is 4. The van der Waals surface area contributed by atoms with E-state index in [0.29, 0.717) is 22.3 Å². The van der Waals surface area contributed by atoms with Crippen LogP contribution in [0.5, 0.6) is 0 Å². The van der Waals surface area contributed by atoms with Crippen molar-refractivity contribution >= 4 is 23.6 Å². The Bertz CT molecular complexity index is 1210. The van der Waals surface area contributed by atoms with Crippen molar-refractivity contribution in [2.45, 2.75) is 76.5 Å². The molecule has 0 spiro atoms. The summed E-state index contributed by atoms with van der Waals surface area (Å²) in [5.74, 6) is -4.20. The topological polar surface area (TPSA) is 197 Å². The van der Waals surface area contributed by atoms with Crippen molar-refractivity contribution in [3.8, 4) is 0 Å². The second-order valence-electron chi connectivity index (χ2n) is 13.1. The Hall–Kier alpha value is -3.84. The number of carbonyl (C=O) groups excluding carboxylic acids is 4. The lowest BCUT2D eigenvalue weighted by Crippen LogP contribution is -2.45. The molecule has 12 heteroatoms. The van der Waals surface area contributed by atoms with Gasteiger partial charge in [-0.25, -0.2) is 0 Å². The van der Waals surface area contributed by atoms with Gasteiger partial charge in [0.25, 0.3) is 0 Å². The summed E-state index contributed by atoms with van der Waals surface area (Å²) in [5, 5.41) is 51.0. The molecule has 4 amide bonds. The molecule has 1 aliphatic heterocycles. The van der Waals surface area contributed by atoms with Crippen molar-refractivity contribution in [3.05, 3.63) is 69.8 Å². The number of amides is 4. The van der Waals surface area contributed by atoms with Gasteiger partial charge in [-0.1, -0.05) is 77.9 Å². The molecule has 8 N–H and O–H groups in total. The van der Waals surface area contributed by atoms with Crippen LogP contribution in [0.25, 0.3) is 0 Å². The molecule has 44 heavy (non-hydrogen) atoms. The molecule has 4 bridgehead atoms. The van der Waals surface area contributed by atoms with E-state index in [9.17, 15) is 39.6 Å². The van der Waals surface area contributed by atoms with Crippen molar-refractivity contribution < 1.29 is 39.6 Å². The van der Waals surface area contributed by atoms with Gasteiger partial charge in [-0.05, 0) is 44.2 Å². The van der Waals surface area contributed by atoms with E-state index < -0.39 is 85.1 Å². The number of fused-ring (bicyclic) bond motifs is 4. The maximum Gasteiger partial charge on any atom is 0.309 e. The van der Waals surface area contributed by atoms with E-state index in [-0.39, 0.29) is 0 Å². The third kappa shape index (κ3) is 8.20. The standard InChI is InChI=1S/C32H44N4O8/c1-31(2,3)21-9-17-7-18(10-21)24(14-38)34-28(42)30(44)36-26(16-40)20-8-19(11-22(12-20)32(4,5)6)25(15-39)35-29(43)27(41)33-23(17)13-37/h7-12,23-26,37-40H,13-16H2,1-6H3,(H,33,41)(H,34,42)(H,35,43)(H,36,44). The lowest BCUT2D eigenvalue weighted by Gasteiger charge is -2.28. The Balaban J connectivity index is 2.20. The number of benzene rings is 2. The van der Waals surface area contributed by atoms with Crippen molar-refractivity contribution in [2.75, 3.05) is 26.4 Å². The van der Waals surface area contributed by atoms with Crippen molar-refractivity contribution in [3.63, 3.8) is 0 Å². The number of hydrogen-bond acceptors (Lipinski definition) is 8. The van der Waals surface area contributed by atoms with Crippen LogP contribution in [0.3, 0.4) is 0 Å². The van der Waals surface area contributed by atoms with E-state index in [4.69, 9.17) is 0 Å². The maximum atomic E-state index is 13.1. The summed E-state index contributed by atoms with van der Waals surface area (Å²) in [5.41, 5.74) is 2.20. The third-order valence-corrected chi connectivity index (χ3v) is 7.66. The Kier molecular flexibility index (Phi) is 10.9. The molecule has 4 unspecified atom stereocenters. The molecule has 0 radical (unpaired) electrons. The fourth-order valence-electron chi connectivity index (χ4n) is 4.86. The molecule has 240 valence electrons. The SMILES string of the molecule is CC(C)(C)c1cc2cc(c1)C(CO)NC(=O)C(=O)NC(CO)c1cc(cc(C(C)(C)C)c1)C(CO)NC(=O)C(=O)NC2CO. The molecule has 1 aliphatic rings. The largest absolute Gasteiger partial charge is 0.394 e. The first-order valence-corrected chi connectivity index (χ1v) is 14.5. The Morgan fingerprint density at radius 3 is 0.818 bits per heavy atom. The highest BCUT2D eigenvalue weighted by Crippen LogP contribution is 2.31. The molecule has 0 aliphatic carbocycles. The fraction of sp³-hybridized carbons (Fsp3) is 0.500. The Morgan fingerprint density at radius 2 is 0.659 bits per heavy atom. The fourth-order valence-corrected chi connectivity index (χ4v) is 4.86. The highest BCUT2D eigenvalue weighted by Gasteiger charge is 2.29. The smallest absolute Gasteiger partial charge is 0.309 e. The molecule has 0 saturated carbocycles. The minimum Gasteiger partial charge on any atom is -0.394 e. The van der Waals surface area contributed by atoms with Gasteiger partial charge in [-0.2, -0.15) is 0 Å². The van der Waals surface area contributed by atoms with Crippen LogP contribution in [-0.4, -0.2) is 70.5 Å². The van der Waals surface area contributed by atoms with Gasteiger partial charge in [0, 0.05) is 0 Å². The molecule has 0 aromatic heterocycles. The summed E-state index contributed by atoms with van der Waals surface area (Å²) in [6.07, 6.45) is 0. The first-order chi connectivity index (χ1) is 20.5. The monoisotopic (exact) mass is 612 g/mol. The van der Waals surface area contributed by atoms with Gasteiger partial charge in [0.1, 0.15) is 0 Å².